The Balaban J connectivity index is 4.35. The molecule has 4 nitrogen and oxygen atoms in total. The number of carbonyl (C=O) groups excluding carboxylic acids is 2. The highest BCUT2D eigenvalue weighted by Crippen LogP contribution is 2.06. The van der Waals surface area contributed by atoms with Crippen molar-refractivity contribution < 1.29 is 14.3 Å². The monoisotopic (exact) mass is 213 g/mol. The smallest absolute Gasteiger partial charge is 0.328 e. The molecule has 0 saturated carbocycles. The topological polar surface area (TPSA) is 55.4 Å². The summed E-state index contributed by atoms with van der Waals surface area (Å²) in [4.78, 5) is 22.5. The van der Waals surface area contributed by atoms with Gasteiger partial charge < -0.3 is 10.1 Å². The first kappa shape index (κ1) is 13.7. The van der Waals surface area contributed by atoms with Crippen LogP contribution in [0.3, 0.4) is 0 Å². The van der Waals surface area contributed by atoms with Gasteiger partial charge in [-0.15, -0.1) is 0 Å². The lowest BCUT2D eigenvalue weighted by molar-refractivity contribution is -0.147. The van der Waals surface area contributed by atoms with Crippen molar-refractivity contribution in [1.29, 1.82) is 0 Å². The highest BCUT2D eigenvalue weighted by Gasteiger charge is 2.21. The summed E-state index contributed by atoms with van der Waals surface area (Å²) in [5.41, 5.74) is 0. The van der Waals surface area contributed by atoms with Crippen LogP contribution < -0.4 is 5.32 Å². The van der Waals surface area contributed by atoms with Gasteiger partial charge in [-0.25, -0.2) is 4.79 Å². The second-order valence-electron chi connectivity index (χ2n) is 3.65. The molecule has 1 amide bonds. The molecule has 0 saturated heterocycles. The van der Waals surface area contributed by atoms with E-state index in [4.69, 9.17) is 4.74 Å². The summed E-state index contributed by atoms with van der Waals surface area (Å²) in [5.74, 6) is -0.431. The first-order valence-corrected chi connectivity index (χ1v) is 5.10. The van der Waals surface area contributed by atoms with Gasteiger partial charge in [0.1, 0.15) is 6.04 Å². The van der Waals surface area contributed by atoms with E-state index in [-0.39, 0.29) is 11.9 Å². The average Bonchev–Trinajstić information content (AvgIpc) is 2.16. The number of esters is 1. The Kier molecular flexibility index (Phi) is 6.42. The summed E-state index contributed by atoms with van der Waals surface area (Å²) in [5, 5.41) is 2.55. The van der Waals surface area contributed by atoms with E-state index in [0.29, 0.717) is 18.9 Å². The highest BCUT2D eigenvalue weighted by molar-refractivity contribution is 5.91. The fourth-order valence-corrected chi connectivity index (χ4v) is 1.16. The molecule has 0 radical (unpaired) electrons. The number of hydrogen-bond donors (Lipinski definition) is 1. The molecule has 0 aliphatic carbocycles. The van der Waals surface area contributed by atoms with Gasteiger partial charge in [0.15, 0.2) is 0 Å². The predicted molar refractivity (Wildman–Crippen MR) is 58.2 cm³/mol. The van der Waals surface area contributed by atoms with Crippen LogP contribution in [0.5, 0.6) is 0 Å². The highest BCUT2D eigenvalue weighted by atomic mass is 16.5. The van der Waals surface area contributed by atoms with Crippen LogP contribution in [0.4, 0.5) is 0 Å². The van der Waals surface area contributed by atoms with Crippen molar-refractivity contribution in [3.05, 3.63) is 12.7 Å². The van der Waals surface area contributed by atoms with Crippen LogP contribution in [0.25, 0.3) is 0 Å². The molecular formula is C11H19NO3. The summed E-state index contributed by atoms with van der Waals surface area (Å²) in [6.45, 7) is 9.34. The molecule has 0 spiro atoms. The number of nitrogens with one attached hydrogen (secondary N) is 1. The van der Waals surface area contributed by atoms with E-state index in [9.17, 15) is 9.59 Å². The molecule has 4 heteroatoms. The van der Waals surface area contributed by atoms with Crippen molar-refractivity contribution in [2.24, 2.45) is 5.92 Å². The zero-order chi connectivity index (χ0) is 11.8. The maximum Gasteiger partial charge on any atom is 0.328 e. The van der Waals surface area contributed by atoms with Crippen molar-refractivity contribution in [2.45, 2.75) is 33.2 Å². The quantitative estimate of drug-likeness (QED) is 0.534. The Labute approximate surface area is 90.7 Å². The Morgan fingerprint density at radius 3 is 2.47 bits per heavy atom. The first-order chi connectivity index (χ1) is 7.01. The third-order valence-corrected chi connectivity index (χ3v) is 1.78. The lowest BCUT2D eigenvalue weighted by atomic mass is 10.0. The third-order valence-electron chi connectivity index (χ3n) is 1.78. The number of ether oxygens (including phenoxy) is 1. The number of hydrogen-bond acceptors (Lipinski definition) is 3. The lowest BCUT2D eigenvalue weighted by Gasteiger charge is -2.17. The summed E-state index contributed by atoms with van der Waals surface area (Å²) in [6, 6.07) is -0.574. The number of rotatable bonds is 6. The lowest BCUT2D eigenvalue weighted by Crippen LogP contribution is -2.41. The maximum absolute atomic E-state index is 11.5. The molecule has 0 aliphatic heterocycles. The van der Waals surface area contributed by atoms with Gasteiger partial charge in [0.2, 0.25) is 5.91 Å². The number of carbonyl (C=O) groups is 2. The fourth-order valence-electron chi connectivity index (χ4n) is 1.16. The SMILES string of the molecule is C=CC(=O)NC(CC(C)C)C(=O)OCC. The van der Waals surface area contributed by atoms with Crippen molar-refractivity contribution in [1.82, 2.24) is 5.32 Å². The van der Waals surface area contributed by atoms with Gasteiger partial charge in [-0.05, 0) is 25.3 Å². The van der Waals surface area contributed by atoms with Crippen LogP contribution in [-0.4, -0.2) is 24.5 Å². The minimum absolute atomic E-state index is 0.310. The maximum atomic E-state index is 11.5. The van der Waals surface area contributed by atoms with E-state index in [2.05, 4.69) is 11.9 Å². The van der Waals surface area contributed by atoms with Crippen LogP contribution in [0.1, 0.15) is 27.2 Å². The van der Waals surface area contributed by atoms with Gasteiger partial charge >= 0.3 is 5.97 Å². The molecule has 0 aliphatic rings. The minimum atomic E-state index is -0.574. The Morgan fingerprint density at radius 1 is 1.47 bits per heavy atom. The first-order valence-electron chi connectivity index (χ1n) is 5.10. The standard InChI is InChI=1S/C11H19NO3/c1-5-10(13)12-9(7-8(3)4)11(14)15-6-2/h5,8-9H,1,6-7H2,2-4H3,(H,12,13). The van der Waals surface area contributed by atoms with Crippen LogP contribution >= 0.6 is 0 Å². The average molecular weight is 213 g/mol. The predicted octanol–water partition coefficient (Wildman–Crippen LogP) is 1.27. The molecular weight excluding hydrogens is 194 g/mol. The van der Waals surface area contributed by atoms with Crippen LogP contribution in [0.15, 0.2) is 12.7 Å². The Bertz CT molecular complexity index is 236. The Hall–Kier alpha value is -1.32. The fraction of sp³-hybridized carbons (Fsp3) is 0.636. The molecule has 0 aromatic heterocycles. The molecule has 1 N–H and O–H groups in total. The van der Waals surface area contributed by atoms with E-state index in [1.807, 2.05) is 13.8 Å². The summed E-state index contributed by atoms with van der Waals surface area (Å²) < 4.78 is 4.86. The van der Waals surface area contributed by atoms with Crippen molar-refractivity contribution in [3.8, 4) is 0 Å². The van der Waals surface area contributed by atoms with Gasteiger partial charge in [-0.3, -0.25) is 4.79 Å². The molecule has 0 fully saturated rings. The van der Waals surface area contributed by atoms with Crippen molar-refractivity contribution in [2.75, 3.05) is 6.61 Å². The zero-order valence-corrected chi connectivity index (χ0v) is 9.58. The normalized spacial score (nSPS) is 12.0. The third kappa shape index (κ3) is 5.88. The van der Waals surface area contributed by atoms with Crippen LogP contribution in [-0.2, 0) is 14.3 Å². The van der Waals surface area contributed by atoms with E-state index < -0.39 is 6.04 Å². The van der Waals surface area contributed by atoms with E-state index >= 15 is 0 Å². The van der Waals surface area contributed by atoms with Crippen LogP contribution in [0.2, 0.25) is 0 Å². The van der Waals surface area contributed by atoms with Crippen molar-refractivity contribution in [3.63, 3.8) is 0 Å². The summed E-state index contributed by atoms with van der Waals surface area (Å²) >= 11 is 0. The Morgan fingerprint density at radius 2 is 2.07 bits per heavy atom. The second kappa shape index (κ2) is 7.04. The molecule has 86 valence electrons. The van der Waals surface area contributed by atoms with Gasteiger partial charge in [0.25, 0.3) is 0 Å². The molecule has 0 rings (SSSR count). The molecule has 0 aromatic carbocycles. The van der Waals surface area contributed by atoms with E-state index in [0.717, 1.165) is 6.08 Å². The van der Waals surface area contributed by atoms with Gasteiger partial charge in [-0.2, -0.15) is 0 Å². The van der Waals surface area contributed by atoms with Gasteiger partial charge in [0.05, 0.1) is 6.61 Å². The molecule has 15 heavy (non-hydrogen) atoms. The number of amides is 1. The van der Waals surface area contributed by atoms with E-state index in [1.165, 1.54) is 0 Å². The summed E-state index contributed by atoms with van der Waals surface area (Å²) in [6.07, 6.45) is 1.71. The van der Waals surface area contributed by atoms with Gasteiger partial charge in [0, 0.05) is 0 Å². The minimum Gasteiger partial charge on any atom is -0.464 e. The van der Waals surface area contributed by atoms with Crippen molar-refractivity contribution >= 4 is 11.9 Å². The van der Waals surface area contributed by atoms with Gasteiger partial charge in [-0.1, -0.05) is 20.4 Å². The molecule has 1 unspecified atom stereocenters. The largest absolute Gasteiger partial charge is 0.464 e. The second-order valence-corrected chi connectivity index (χ2v) is 3.65. The molecule has 0 aromatic rings. The van der Waals surface area contributed by atoms with E-state index in [1.54, 1.807) is 6.92 Å². The van der Waals surface area contributed by atoms with Crippen LogP contribution in [0, 0.1) is 5.92 Å². The summed E-state index contributed by atoms with van der Waals surface area (Å²) in [7, 11) is 0. The molecule has 1 atom stereocenters. The zero-order valence-electron chi connectivity index (χ0n) is 9.58. The molecule has 0 heterocycles. The molecule has 0 bridgehead atoms.